The van der Waals surface area contributed by atoms with Gasteiger partial charge in [-0.25, -0.2) is 0 Å². The number of rotatable bonds is 4. The van der Waals surface area contributed by atoms with Crippen molar-refractivity contribution in [3.63, 3.8) is 0 Å². The zero-order valence-electron chi connectivity index (χ0n) is 9.34. The van der Waals surface area contributed by atoms with Crippen LogP contribution in [-0.2, 0) is 6.54 Å². The maximum Gasteiger partial charge on any atom is 0.205 e. The van der Waals surface area contributed by atoms with E-state index in [1.807, 2.05) is 18.3 Å². The summed E-state index contributed by atoms with van der Waals surface area (Å²) < 4.78 is 0. The van der Waals surface area contributed by atoms with Crippen molar-refractivity contribution < 1.29 is 0 Å². The Bertz CT molecular complexity index is 438. The smallest absolute Gasteiger partial charge is 0.205 e. The molecule has 0 bridgehead atoms. The van der Waals surface area contributed by atoms with E-state index >= 15 is 0 Å². The topological polar surface area (TPSA) is 50.7 Å². The van der Waals surface area contributed by atoms with Crippen LogP contribution in [0.3, 0.4) is 0 Å². The van der Waals surface area contributed by atoms with Crippen LogP contribution in [0.2, 0.25) is 0 Å². The molecule has 0 aliphatic heterocycles. The highest BCUT2D eigenvalue weighted by atomic mass is 32.1. The Hall–Kier alpha value is -1.49. The maximum absolute atomic E-state index is 4.12. The van der Waals surface area contributed by atoms with Gasteiger partial charge >= 0.3 is 0 Å². The van der Waals surface area contributed by atoms with Crippen LogP contribution < -0.4 is 5.32 Å². The molecule has 0 atom stereocenters. The molecule has 0 spiro atoms. The third-order valence-electron chi connectivity index (χ3n) is 2.10. The molecule has 0 saturated carbocycles. The lowest BCUT2D eigenvalue weighted by Gasteiger charge is -2.00. The fraction of sp³-hybridized carbons (Fsp3) is 0.364. The molecule has 16 heavy (non-hydrogen) atoms. The van der Waals surface area contributed by atoms with Crippen molar-refractivity contribution in [2.45, 2.75) is 26.3 Å². The molecule has 5 heteroatoms. The minimum atomic E-state index is 0.437. The van der Waals surface area contributed by atoms with Gasteiger partial charge in [-0.3, -0.25) is 4.98 Å². The molecular weight excluding hydrogens is 220 g/mol. The summed E-state index contributed by atoms with van der Waals surface area (Å²) in [4.78, 5) is 4.06. The van der Waals surface area contributed by atoms with Crippen molar-refractivity contribution in [2.24, 2.45) is 0 Å². The lowest BCUT2D eigenvalue weighted by molar-refractivity contribution is 0.824. The first-order valence-electron chi connectivity index (χ1n) is 5.22. The van der Waals surface area contributed by atoms with Gasteiger partial charge in [0.2, 0.25) is 5.13 Å². The van der Waals surface area contributed by atoms with Crippen LogP contribution >= 0.6 is 11.3 Å². The van der Waals surface area contributed by atoms with Crippen molar-refractivity contribution in [1.29, 1.82) is 0 Å². The van der Waals surface area contributed by atoms with Crippen molar-refractivity contribution in [1.82, 2.24) is 15.2 Å². The minimum absolute atomic E-state index is 0.437. The van der Waals surface area contributed by atoms with Crippen molar-refractivity contribution >= 4 is 16.5 Å². The number of hydrogen-bond donors (Lipinski definition) is 1. The molecule has 2 aromatic heterocycles. The fourth-order valence-electron chi connectivity index (χ4n) is 1.22. The number of nitrogens with zero attached hydrogens (tertiary/aromatic N) is 3. The van der Waals surface area contributed by atoms with Gasteiger partial charge in [-0.2, -0.15) is 0 Å². The average molecular weight is 234 g/mol. The van der Waals surface area contributed by atoms with Crippen LogP contribution in [0.4, 0.5) is 5.13 Å². The van der Waals surface area contributed by atoms with Crippen LogP contribution in [0.5, 0.6) is 0 Å². The van der Waals surface area contributed by atoms with E-state index < -0.39 is 0 Å². The molecule has 0 unspecified atom stereocenters. The molecule has 0 fully saturated rings. The minimum Gasteiger partial charge on any atom is -0.356 e. The zero-order chi connectivity index (χ0) is 11.4. The van der Waals surface area contributed by atoms with Crippen molar-refractivity contribution in [3.05, 3.63) is 35.1 Å². The van der Waals surface area contributed by atoms with Gasteiger partial charge in [0.1, 0.15) is 5.01 Å². The summed E-state index contributed by atoms with van der Waals surface area (Å²) >= 11 is 1.61. The van der Waals surface area contributed by atoms with Gasteiger partial charge in [0.05, 0.1) is 0 Å². The number of aromatic nitrogens is 3. The fourth-order valence-corrected chi connectivity index (χ4v) is 1.96. The quantitative estimate of drug-likeness (QED) is 0.883. The van der Waals surface area contributed by atoms with Crippen molar-refractivity contribution in [2.75, 3.05) is 5.32 Å². The van der Waals surface area contributed by atoms with Gasteiger partial charge in [-0.05, 0) is 11.6 Å². The molecule has 0 radical (unpaired) electrons. The third kappa shape index (κ3) is 2.76. The molecule has 0 saturated heterocycles. The standard InChI is InChI=1S/C11H14N4S/c1-8(2)10-14-15-11(16-10)13-7-9-4-3-5-12-6-9/h3-6,8H,7H2,1-2H3,(H,13,15). The summed E-state index contributed by atoms with van der Waals surface area (Å²) in [6.07, 6.45) is 3.61. The van der Waals surface area contributed by atoms with Gasteiger partial charge in [-0.1, -0.05) is 31.3 Å². The van der Waals surface area contributed by atoms with Gasteiger partial charge in [0.25, 0.3) is 0 Å². The van der Waals surface area contributed by atoms with E-state index in [2.05, 4.69) is 34.3 Å². The zero-order valence-corrected chi connectivity index (χ0v) is 10.2. The SMILES string of the molecule is CC(C)c1nnc(NCc2cccnc2)s1. The summed E-state index contributed by atoms with van der Waals surface area (Å²) in [6.45, 7) is 4.97. The largest absolute Gasteiger partial charge is 0.356 e. The van der Waals surface area contributed by atoms with E-state index in [9.17, 15) is 0 Å². The number of hydrogen-bond acceptors (Lipinski definition) is 5. The first kappa shape index (κ1) is 11.0. The second kappa shape index (κ2) is 5.03. The molecule has 2 aromatic rings. The van der Waals surface area contributed by atoms with Crippen LogP contribution in [0, 0.1) is 0 Å². The average Bonchev–Trinajstić information content (AvgIpc) is 2.76. The highest BCUT2D eigenvalue weighted by Crippen LogP contribution is 2.22. The van der Waals surface area contributed by atoms with Gasteiger partial charge < -0.3 is 5.32 Å². The van der Waals surface area contributed by atoms with E-state index in [1.165, 1.54) is 0 Å². The Morgan fingerprint density at radius 1 is 1.38 bits per heavy atom. The van der Waals surface area contributed by atoms with Crippen molar-refractivity contribution in [3.8, 4) is 0 Å². The molecular formula is C11H14N4S. The summed E-state index contributed by atoms with van der Waals surface area (Å²) in [5.41, 5.74) is 1.14. The van der Waals surface area contributed by atoms with E-state index in [-0.39, 0.29) is 0 Å². The predicted octanol–water partition coefficient (Wildman–Crippen LogP) is 2.67. The van der Waals surface area contributed by atoms with E-state index in [0.717, 1.165) is 22.2 Å². The lowest BCUT2D eigenvalue weighted by Crippen LogP contribution is -1.98. The van der Waals surface area contributed by atoms with Gasteiger partial charge in [0, 0.05) is 24.9 Å². The molecule has 0 aromatic carbocycles. The summed E-state index contributed by atoms with van der Waals surface area (Å²) in [5.74, 6) is 0.437. The molecule has 0 amide bonds. The molecule has 0 aliphatic carbocycles. The van der Waals surface area contributed by atoms with E-state index in [1.54, 1.807) is 17.5 Å². The number of pyridine rings is 1. The Balaban J connectivity index is 1.95. The Labute approximate surface area is 98.8 Å². The first-order valence-corrected chi connectivity index (χ1v) is 6.03. The summed E-state index contributed by atoms with van der Waals surface area (Å²) in [7, 11) is 0. The highest BCUT2D eigenvalue weighted by molar-refractivity contribution is 7.15. The second-order valence-electron chi connectivity index (χ2n) is 3.81. The molecule has 2 rings (SSSR count). The first-order chi connectivity index (χ1) is 7.75. The molecule has 2 heterocycles. The van der Waals surface area contributed by atoms with Gasteiger partial charge in [0.15, 0.2) is 0 Å². The third-order valence-corrected chi connectivity index (χ3v) is 3.28. The molecule has 0 aliphatic rings. The second-order valence-corrected chi connectivity index (χ2v) is 4.82. The van der Waals surface area contributed by atoms with Crippen LogP contribution in [0.25, 0.3) is 0 Å². The van der Waals surface area contributed by atoms with E-state index in [4.69, 9.17) is 0 Å². The normalized spacial score (nSPS) is 10.7. The Morgan fingerprint density at radius 2 is 2.25 bits per heavy atom. The molecule has 84 valence electrons. The van der Waals surface area contributed by atoms with Gasteiger partial charge in [-0.15, -0.1) is 10.2 Å². The Morgan fingerprint density at radius 3 is 2.88 bits per heavy atom. The number of anilines is 1. The number of nitrogens with one attached hydrogen (secondary N) is 1. The monoisotopic (exact) mass is 234 g/mol. The molecule has 4 nitrogen and oxygen atoms in total. The van der Waals surface area contributed by atoms with Crippen LogP contribution in [0.15, 0.2) is 24.5 Å². The predicted molar refractivity (Wildman–Crippen MR) is 65.6 cm³/mol. The lowest BCUT2D eigenvalue weighted by atomic mass is 10.2. The molecule has 1 N–H and O–H groups in total. The van der Waals surface area contributed by atoms with E-state index in [0.29, 0.717) is 5.92 Å². The highest BCUT2D eigenvalue weighted by Gasteiger charge is 2.06. The summed E-state index contributed by atoms with van der Waals surface area (Å²) in [6, 6.07) is 3.96. The Kier molecular flexibility index (Phi) is 3.46. The van der Waals surface area contributed by atoms with Crippen LogP contribution in [-0.4, -0.2) is 15.2 Å². The van der Waals surface area contributed by atoms with Crippen LogP contribution in [0.1, 0.15) is 30.3 Å². The maximum atomic E-state index is 4.12. The summed E-state index contributed by atoms with van der Waals surface area (Å²) in [5, 5.41) is 13.4.